The van der Waals surface area contributed by atoms with Gasteiger partial charge in [-0.3, -0.25) is 4.79 Å². The molecule has 1 N–H and O–H groups in total. The third kappa shape index (κ3) is 3.33. The Morgan fingerprint density at radius 1 is 1.00 bits per heavy atom. The number of carbonyl (C=O) groups excluding carboxylic acids is 1. The Hall–Kier alpha value is -2.93. The highest BCUT2D eigenvalue weighted by molar-refractivity contribution is 7.21. The first-order chi connectivity index (χ1) is 14.5. The largest absolute Gasteiger partial charge is 0.321 e. The van der Waals surface area contributed by atoms with Crippen molar-refractivity contribution >= 4 is 67.3 Å². The molecular weight excluding hydrogens is 439 g/mol. The minimum absolute atomic E-state index is 0.268. The molecule has 0 radical (unpaired) electrons. The normalized spacial score (nSPS) is 11.3. The maximum Gasteiger partial charge on any atom is 0.267 e. The van der Waals surface area contributed by atoms with Gasteiger partial charge in [0.15, 0.2) is 0 Å². The van der Waals surface area contributed by atoms with E-state index in [2.05, 4.69) is 15.5 Å². The van der Waals surface area contributed by atoms with Crippen molar-refractivity contribution < 1.29 is 4.79 Å². The summed E-state index contributed by atoms with van der Waals surface area (Å²) in [6.07, 6.45) is 0. The van der Waals surface area contributed by atoms with E-state index < -0.39 is 0 Å². The molecule has 0 bridgehead atoms. The maximum absolute atomic E-state index is 12.9. The lowest BCUT2D eigenvalue weighted by atomic mass is 10.1. The van der Waals surface area contributed by atoms with E-state index in [1.165, 1.54) is 11.3 Å². The lowest BCUT2D eigenvalue weighted by Crippen LogP contribution is -2.11. The molecule has 2 aromatic heterocycles. The van der Waals surface area contributed by atoms with E-state index in [4.69, 9.17) is 23.2 Å². The van der Waals surface area contributed by atoms with Gasteiger partial charge >= 0.3 is 0 Å². The van der Waals surface area contributed by atoms with Crippen molar-refractivity contribution in [1.82, 2.24) is 15.0 Å². The molecular formula is C22H14Cl2N4OS. The molecule has 0 unspecified atom stereocenters. The summed E-state index contributed by atoms with van der Waals surface area (Å²) >= 11 is 13.8. The van der Waals surface area contributed by atoms with E-state index in [0.29, 0.717) is 26.1 Å². The van der Waals surface area contributed by atoms with E-state index in [-0.39, 0.29) is 5.91 Å². The number of rotatable bonds is 3. The number of benzene rings is 3. The number of nitrogens with one attached hydrogen (secondary N) is 1. The molecule has 0 aliphatic rings. The number of nitrogens with zero attached hydrogens (tertiary/aromatic N) is 3. The standard InChI is InChI=1S/C22H14Cl2N4OS/c1-12-9-17-18(27-28(26-17)14-5-3-2-4-6-14)11-16(12)25-22(29)21-20(24)15-8-7-13(23)10-19(15)30-21/h2-11H,1H3,(H,25,29). The summed E-state index contributed by atoms with van der Waals surface area (Å²) in [6.45, 7) is 1.92. The van der Waals surface area contributed by atoms with Crippen LogP contribution in [0, 0.1) is 6.92 Å². The fraction of sp³-hybridized carbons (Fsp3) is 0.0455. The molecule has 0 aliphatic heterocycles. The van der Waals surface area contributed by atoms with Crippen LogP contribution >= 0.6 is 34.5 Å². The maximum atomic E-state index is 12.9. The molecule has 3 aromatic carbocycles. The van der Waals surface area contributed by atoms with Gasteiger partial charge < -0.3 is 5.32 Å². The van der Waals surface area contributed by atoms with Crippen LogP contribution in [0.15, 0.2) is 60.7 Å². The number of para-hydroxylation sites is 1. The second-order valence-corrected chi connectivity index (χ2v) is 8.69. The van der Waals surface area contributed by atoms with Gasteiger partial charge in [-0.1, -0.05) is 47.5 Å². The first-order valence-corrected chi connectivity index (χ1v) is 10.7. The molecule has 8 heteroatoms. The van der Waals surface area contributed by atoms with Crippen LogP contribution in [0.2, 0.25) is 10.0 Å². The first kappa shape index (κ1) is 19.1. The number of halogens is 2. The molecule has 5 rings (SSSR count). The molecule has 148 valence electrons. The van der Waals surface area contributed by atoms with Crippen molar-refractivity contribution in [3.05, 3.63) is 81.1 Å². The highest BCUT2D eigenvalue weighted by atomic mass is 35.5. The zero-order chi connectivity index (χ0) is 20.8. The number of hydrogen-bond acceptors (Lipinski definition) is 4. The number of anilines is 1. The second-order valence-electron chi connectivity index (χ2n) is 6.82. The molecule has 0 atom stereocenters. The minimum atomic E-state index is -0.268. The fourth-order valence-electron chi connectivity index (χ4n) is 3.24. The lowest BCUT2D eigenvalue weighted by Gasteiger charge is -2.07. The van der Waals surface area contributed by atoms with Crippen molar-refractivity contribution in [3.8, 4) is 5.69 Å². The number of aryl methyl sites for hydroxylation is 1. The SMILES string of the molecule is Cc1cc2nn(-c3ccccc3)nc2cc1NC(=O)c1sc2cc(Cl)ccc2c1Cl. The highest BCUT2D eigenvalue weighted by Crippen LogP contribution is 2.37. The van der Waals surface area contributed by atoms with Gasteiger partial charge in [-0.2, -0.15) is 4.80 Å². The predicted octanol–water partition coefficient (Wildman–Crippen LogP) is 6.50. The van der Waals surface area contributed by atoms with Gasteiger partial charge in [-0.25, -0.2) is 0 Å². The van der Waals surface area contributed by atoms with Crippen LogP contribution in [0.4, 0.5) is 5.69 Å². The van der Waals surface area contributed by atoms with Gasteiger partial charge in [0.2, 0.25) is 0 Å². The molecule has 0 fully saturated rings. The average molecular weight is 453 g/mol. The lowest BCUT2D eigenvalue weighted by molar-refractivity contribution is 0.103. The minimum Gasteiger partial charge on any atom is -0.321 e. The number of fused-ring (bicyclic) bond motifs is 2. The second kappa shape index (κ2) is 7.40. The highest BCUT2D eigenvalue weighted by Gasteiger charge is 2.19. The van der Waals surface area contributed by atoms with Crippen LogP contribution in [0.25, 0.3) is 26.8 Å². The molecule has 0 saturated carbocycles. The molecule has 30 heavy (non-hydrogen) atoms. The van der Waals surface area contributed by atoms with Crippen molar-refractivity contribution in [2.24, 2.45) is 0 Å². The van der Waals surface area contributed by atoms with Gasteiger partial charge in [0.25, 0.3) is 5.91 Å². The van der Waals surface area contributed by atoms with Crippen LogP contribution < -0.4 is 5.32 Å². The van der Waals surface area contributed by atoms with Gasteiger partial charge in [0, 0.05) is 20.8 Å². The Morgan fingerprint density at radius 2 is 1.73 bits per heavy atom. The third-order valence-electron chi connectivity index (χ3n) is 4.76. The van der Waals surface area contributed by atoms with Crippen LogP contribution in [-0.2, 0) is 0 Å². The molecule has 0 spiro atoms. The zero-order valence-corrected chi connectivity index (χ0v) is 18.0. The summed E-state index contributed by atoms with van der Waals surface area (Å²) in [5.74, 6) is -0.268. The monoisotopic (exact) mass is 452 g/mol. The third-order valence-corrected chi connectivity index (χ3v) is 6.65. The van der Waals surface area contributed by atoms with Crippen molar-refractivity contribution in [2.45, 2.75) is 6.92 Å². The summed E-state index contributed by atoms with van der Waals surface area (Å²) in [5, 5.41) is 13.9. The number of thiophene rings is 1. The number of hydrogen-bond donors (Lipinski definition) is 1. The van der Waals surface area contributed by atoms with Crippen LogP contribution in [0.3, 0.4) is 0 Å². The van der Waals surface area contributed by atoms with E-state index in [1.807, 2.05) is 61.5 Å². The topological polar surface area (TPSA) is 59.8 Å². The first-order valence-electron chi connectivity index (χ1n) is 9.11. The van der Waals surface area contributed by atoms with Crippen LogP contribution in [0.1, 0.15) is 15.2 Å². The van der Waals surface area contributed by atoms with Crippen LogP contribution in [-0.4, -0.2) is 20.9 Å². The molecule has 0 aliphatic carbocycles. The average Bonchev–Trinajstić information content (AvgIpc) is 3.29. The number of aromatic nitrogens is 3. The van der Waals surface area contributed by atoms with Crippen LogP contribution in [0.5, 0.6) is 0 Å². The Balaban J connectivity index is 1.50. The van der Waals surface area contributed by atoms with Crippen molar-refractivity contribution in [3.63, 3.8) is 0 Å². The van der Waals surface area contributed by atoms with E-state index in [9.17, 15) is 4.79 Å². The molecule has 0 saturated heterocycles. The van der Waals surface area contributed by atoms with Crippen molar-refractivity contribution in [2.75, 3.05) is 5.32 Å². The Bertz CT molecular complexity index is 1430. The van der Waals surface area contributed by atoms with Crippen molar-refractivity contribution in [1.29, 1.82) is 0 Å². The summed E-state index contributed by atoms with van der Waals surface area (Å²) in [4.78, 5) is 15.0. The molecule has 2 heterocycles. The summed E-state index contributed by atoms with van der Waals surface area (Å²) in [6, 6.07) is 18.8. The van der Waals surface area contributed by atoms with E-state index in [1.54, 1.807) is 10.9 Å². The van der Waals surface area contributed by atoms with Gasteiger partial charge in [0.05, 0.1) is 10.7 Å². The predicted molar refractivity (Wildman–Crippen MR) is 123 cm³/mol. The Morgan fingerprint density at radius 3 is 2.50 bits per heavy atom. The molecule has 1 amide bonds. The molecule has 5 nitrogen and oxygen atoms in total. The smallest absolute Gasteiger partial charge is 0.267 e. The summed E-state index contributed by atoms with van der Waals surface area (Å²) in [7, 11) is 0. The fourth-order valence-corrected chi connectivity index (χ4v) is 4.93. The van der Waals surface area contributed by atoms with Gasteiger partial charge in [-0.15, -0.1) is 21.5 Å². The summed E-state index contributed by atoms with van der Waals surface area (Å²) in [5.41, 5.74) is 3.86. The van der Waals surface area contributed by atoms with Gasteiger partial charge in [0.1, 0.15) is 15.9 Å². The number of amides is 1. The summed E-state index contributed by atoms with van der Waals surface area (Å²) < 4.78 is 0.871. The number of carbonyl (C=O) groups is 1. The van der Waals surface area contributed by atoms with E-state index in [0.717, 1.165) is 26.9 Å². The zero-order valence-electron chi connectivity index (χ0n) is 15.7. The van der Waals surface area contributed by atoms with Gasteiger partial charge in [-0.05, 0) is 48.9 Å². The quantitative estimate of drug-likeness (QED) is 0.339. The Labute approximate surface area is 185 Å². The Kier molecular flexibility index (Phi) is 4.70. The van der Waals surface area contributed by atoms with E-state index >= 15 is 0 Å². The molecule has 5 aromatic rings.